The normalized spacial score (nSPS) is 11.2. The van der Waals surface area contributed by atoms with Crippen molar-refractivity contribution in [1.29, 1.82) is 0 Å². The van der Waals surface area contributed by atoms with Crippen molar-refractivity contribution in [3.63, 3.8) is 0 Å². The first kappa shape index (κ1) is 73.8. The summed E-state index contributed by atoms with van der Waals surface area (Å²) in [5.74, 6) is 7.79. The van der Waals surface area contributed by atoms with Gasteiger partial charge in [-0.1, -0.05) is 189 Å². The van der Waals surface area contributed by atoms with Gasteiger partial charge in [0.25, 0.3) is 0 Å². The monoisotopic (exact) mass is 1350 g/mol. The molecule has 16 heteroatoms. The summed E-state index contributed by atoms with van der Waals surface area (Å²) >= 11 is 1.91. The van der Waals surface area contributed by atoms with E-state index >= 15 is 0 Å². The van der Waals surface area contributed by atoms with Gasteiger partial charge in [-0.25, -0.2) is 19.0 Å². The lowest BCUT2D eigenvalue weighted by Crippen LogP contribution is -1.95. The Kier molecular flexibility index (Phi) is 26.1. The molecule has 0 fully saturated rings. The van der Waals surface area contributed by atoms with Crippen LogP contribution in [-0.2, 0) is 0 Å². The Bertz CT molecular complexity index is 4450. The fourth-order valence-electron chi connectivity index (χ4n) is 10.7. The number of hydrogen-bond donors (Lipinski definition) is 1. The van der Waals surface area contributed by atoms with Gasteiger partial charge in [0, 0.05) is 104 Å². The van der Waals surface area contributed by atoms with E-state index in [2.05, 4.69) is 235 Å². The van der Waals surface area contributed by atoms with Crippen LogP contribution in [-0.4, -0.2) is 65.4 Å². The van der Waals surface area contributed by atoms with Gasteiger partial charge in [-0.2, -0.15) is 10.2 Å². The quantitative estimate of drug-likeness (QED) is 0.140. The minimum Gasteiger partial charge on any atom is -0.496 e. The zero-order valence-corrected chi connectivity index (χ0v) is 61.9. The number of benzene rings is 3. The number of rotatable bonds is 10. The summed E-state index contributed by atoms with van der Waals surface area (Å²) in [7, 11) is 1.66. The molecule has 0 unspecified atom stereocenters. The summed E-state index contributed by atoms with van der Waals surface area (Å²) in [4.78, 5) is 13.3. The highest BCUT2D eigenvalue weighted by molar-refractivity contribution is 7.19. The van der Waals surface area contributed by atoms with Crippen LogP contribution >= 0.6 is 11.3 Å². The first-order chi connectivity index (χ1) is 48.2. The van der Waals surface area contributed by atoms with E-state index in [1.165, 1.54) is 53.7 Å². The number of aromatic amines is 1. The van der Waals surface area contributed by atoms with Gasteiger partial charge in [0.1, 0.15) is 45.7 Å². The van der Waals surface area contributed by atoms with Crippen molar-refractivity contribution < 1.29 is 13.7 Å². The molecule has 0 saturated heterocycles. The van der Waals surface area contributed by atoms with Crippen LogP contribution in [0, 0.1) is 0 Å². The Morgan fingerprint density at radius 3 is 1.78 bits per heavy atom. The number of nitrogens with zero attached hydrogens (tertiary/aromatic N) is 11. The molecular weight excluding hydrogens is 1260 g/mol. The predicted octanol–water partition coefficient (Wildman–Crippen LogP) is 23.0. The highest BCUT2D eigenvalue weighted by atomic mass is 32.1. The van der Waals surface area contributed by atoms with Crippen molar-refractivity contribution >= 4 is 65.8 Å². The van der Waals surface area contributed by atoms with E-state index in [1.54, 1.807) is 7.11 Å². The molecule has 15 nitrogen and oxygen atoms in total. The summed E-state index contributed by atoms with van der Waals surface area (Å²) in [5.41, 5.74) is 13.1. The molecule has 13 aromatic heterocycles. The third-order valence-electron chi connectivity index (χ3n) is 16.5. The number of para-hydroxylation sites is 2. The lowest BCUT2D eigenvalue weighted by molar-refractivity contribution is 0.372. The predicted molar refractivity (Wildman–Crippen MR) is 414 cm³/mol. The van der Waals surface area contributed by atoms with Gasteiger partial charge in [0.15, 0.2) is 5.65 Å². The molecule has 0 saturated carbocycles. The van der Waals surface area contributed by atoms with Crippen LogP contribution in [0.25, 0.3) is 65.7 Å². The molecule has 1 N–H and O–H groups in total. The Morgan fingerprint density at radius 2 is 1.13 bits per heavy atom. The molecule has 518 valence electrons. The maximum Gasteiger partial charge on any atom is 0.160 e. The number of aromatic nitrogens is 12. The van der Waals surface area contributed by atoms with E-state index < -0.39 is 0 Å². The first-order valence-electron chi connectivity index (χ1n) is 34.8. The molecule has 0 spiro atoms. The van der Waals surface area contributed by atoms with E-state index in [0.29, 0.717) is 47.3 Å². The fraction of sp³-hybridized carbons (Fsp3) is 0.298. The van der Waals surface area contributed by atoms with Gasteiger partial charge in [-0.15, -0.1) is 21.5 Å². The summed E-state index contributed by atoms with van der Waals surface area (Å²) in [6.07, 6.45) is 13.7. The molecule has 0 aliphatic heterocycles. The number of H-pyrrole nitrogens is 1. The number of fused-ring (bicyclic) bond motifs is 7. The molecule has 0 amide bonds. The first-order valence-corrected chi connectivity index (χ1v) is 35.6. The number of furan rings is 1. The summed E-state index contributed by atoms with van der Waals surface area (Å²) in [6.45, 7) is 34.5. The smallest absolute Gasteiger partial charge is 0.160 e. The third kappa shape index (κ3) is 19.5. The van der Waals surface area contributed by atoms with E-state index in [1.807, 2.05) is 177 Å². The van der Waals surface area contributed by atoms with Gasteiger partial charge in [0.2, 0.25) is 0 Å². The lowest BCUT2D eigenvalue weighted by Gasteiger charge is -2.03. The van der Waals surface area contributed by atoms with Crippen LogP contribution in [0.5, 0.6) is 5.75 Å². The SMILES string of the molecule is CC(C)c1cc2ccccc2o1.CC(C)c1cc2ccccc2s1.CC(C)c1cc2ccccn2n1.CC(C)c1cc2cccnc2[nH]1.CC(C)c1cnc2ccccn12.CC(C)c1cnn2ccccc12.CC(C)c1nnc2ccccn12.COc1ccccc1-c1cc(C(C)C)on1. The van der Waals surface area contributed by atoms with Crippen LogP contribution in [0.2, 0.25) is 0 Å². The maximum atomic E-state index is 5.63. The van der Waals surface area contributed by atoms with Crippen molar-refractivity contribution in [3.8, 4) is 17.0 Å². The topological polar surface area (TPSA) is 159 Å². The second kappa shape index (κ2) is 35.4. The minimum absolute atomic E-state index is 0.343. The maximum absolute atomic E-state index is 5.63. The number of ether oxygens (including phenoxy) is 1. The van der Waals surface area contributed by atoms with Crippen molar-refractivity contribution in [2.45, 2.75) is 158 Å². The number of pyridine rings is 5. The number of methoxy groups -OCH3 is 1. The van der Waals surface area contributed by atoms with Crippen molar-refractivity contribution in [2.24, 2.45) is 0 Å². The zero-order valence-electron chi connectivity index (χ0n) is 61.1. The number of thiophene rings is 1. The molecule has 0 aliphatic carbocycles. The van der Waals surface area contributed by atoms with Gasteiger partial charge in [-0.3, -0.25) is 4.40 Å². The van der Waals surface area contributed by atoms with Crippen LogP contribution in [0.15, 0.2) is 240 Å². The van der Waals surface area contributed by atoms with Gasteiger partial charge in [0.05, 0.1) is 30.0 Å². The van der Waals surface area contributed by atoms with Crippen LogP contribution < -0.4 is 4.74 Å². The minimum atomic E-state index is 0.343. The molecular formula is C84H98N12O3S. The van der Waals surface area contributed by atoms with Crippen molar-refractivity contribution in [1.82, 2.24) is 58.3 Å². The van der Waals surface area contributed by atoms with Crippen molar-refractivity contribution in [3.05, 3.63) is 276 Å². The highest BCUT2D eigenvalue weighted by Crippen LogP contribution is 2.32. The Hall–Kier alpha value is -10.5. The summed E-state index contributed by atoms with van der Waals surface area (Å²) in [6, 6.07) is 63.3. The Labute approximate surface area is 593 Å². The second-order valence-electron chi connectivity index (χ2n) is 27.0. The zero-order chi connectivity index (χ0) is 71.4. The summed E-state index contributed by atoms with van der Waals surface area (Å²) in [5, 5.41) is 24.7. The number of imidazole rings is 1. The van der Waals surface area contributed by atoms with E-state index in [0.717, 1.165) is 62.6 Å². The molecule has 16 rings (SSSR count). The number of nitrogens with one attached hydrogen (secondary N) is 1. The molecule has 0 aliphatic rings. The molecule has 0 bridgehead atoms. The number of hydrogen-bond acceptors (Lipinski definition) is 11. The van der Waals surface area contributed by atoms with E-state index in [-0.39, 0.29) is 0 Å². The van der Waals surface area contributed by atoms with Gasteiger partial charge < -0.3 is 23.1 Å². The average molecular weight is 1360 g/mol. The van der Waals surface area contributed by atoms with Crippen LogP contribution in [0.1, 0.15) is 203 Å². The Balaban J connectivity index is 0.000000134. The molecule has 0 radical (unpaired) electrons. The van der Waals surface area contributed by atoms with Crippen LogP contribution in [0.4, 0.5) is 0 Å². The average Bonchev–Trinajstić information content (AvgIpc) is 1.70. The second-order valence-corrected chi connectivity index (χ2v) is 28.1. The van der Waals surface area contributed by atoms with E-state index in [4.69, 9.17) is 13.7 Å². The van der Waals surface area contributed by atoms with Crippen LogP contribution in [0.3, 0.4) is 0 Å². The molecule has 16 aromatic rings. The van der Waals surface area contributed by atoms with Gasteiger partial charge in [-0.05, 0) is 144 Å². The van der Waals surface area contributed by atoms with E-state index in [9.17, 15) is 0 Å². The molecule has 0 atom stereocenters. The fourth-order valence-corrected chi connectivity index (χ4v) is 11.7. The highest BCUT2D eigenvalue weighted by Gasteiger charge is 2.14. The van der Waals surface area contributed by atoms with Gasteiger partial charge >= 0.3 is 0 Å². The third-order valence-corrected chi connectivity index (χ3v) is 17.9. The lowest BCUT2D eigenvalue weighted by atomic mass is 10.1. The van der Waals surface area contributed by atoms with Crippen molar-refractivity contribution in [2.75, 3.05) is 7.11 Å². The molecule has 13 heterocycles. The summed E-state index contributed by atoms with van der Waals surface area (Å²) < 4.78 is 25.6. The Morgan fingerprint density at radius 1 is 0.480 bits per heavy atom. The molecule has 100 heavy (non-hydrogen) atoms. The largest absolute Gasteiger partial charge is 0.496 e. The molecule has 3 aromatic carbocycles. The standard InChI is InChI=1S/C13H15NO2.C11H12O.C11H12S.4C10H12N2.C9H11N3/c1-9(2)13-8-11(14-16-13)10-6-4-5-7-12(10)15-3;2*1-8(2)11-7-9-5-3-4-6-10(9)12-11;1-7(2)9-6-8-4-3-5-11-10(8)12-9;1-8(2)9-7-11-10-5-3-4-6-12(9)10;1-8(2)9-7-11-12-6-4-3-5-10(9)12;1-8(2)10-7-9-5-3-4-6-12(9)11-10;1-7(2)9-11-10-8-5-3-4-6-12(8)9/h4-9H,1-3H3;2*3-8H,1-2H3;3-7H,1-2H3,(H,11,12);3*3-8H,1-2H3;3-7H,1-2H3.